The van der Waals surface area contributed by atoms with Gasteiger partial charge in [-0.1, -0.05) is 46.3 Å². The van der Waals surface area contributed by atoms with Crippen LogP contribution in [0.1, 0.15) is 24.7 Å². The molecule has 0 saturated heterocycles. The van der Waals surface area contributed by atoms with Crippen LogP contribution in [-0.2, 0) is 6.42 Å². The van der Waals surface area contributed by atoms with E-state index in [1.54, 1.807) is 0 Å². The third-order valence-corrected chi connectivity index (χ3v) is 4.35. The zero-order valence-corrected chi connectivity index (χ0v) is 13.2. The van der Waals surface area contributed by atoms with Gasteiger partial charge in [0.05, 0.1) is 4.53 Å². The van der Waals surface area contributed by atoms with E-state index in [1.807, 2.05) is 30.3 Å². The number of aromatic nitrogens is 3. The molecule has 0 aliphatic rings. The summed E-state index contributed by atoms with van der Waals surface area (Å²) in [6.45, 7) is 2.07. The van der Waals surface area contributed by atoms with E-state index < -0.39 is 0 Å². The minimum Gasteiger partial charge on any atom is -0.266 e. The van der Waals surface area contributed by atoms with Crippen molar-refractivity contribution >= 4 is 38.3 Å². The number of fused-ring (bicyclic) bond motifs is 1. The van der Waals surface area contributed by atoms with Gasteiger partial charge < -0.3 is 0 Å². The predicted molar refractivity (Wildman–Crippen MR) is 84.1 cm³/mol. The molecule has 0 saturated carbocycles. The predicted octanol–water partition coefficient (Wildman–Crippen LogP) is 2.41. The summed E-state index contributed by atoms with van der Waals surface area (Å²) in [5.74, 6) is 0.742. The number of nitrogens with zero attached hydrogens (tertiary/aromatic N) is 3. The summed E-state index contributed by atoms with van der Waals surface area (Å²) >= 11 is 4.77. The first-order valence-corrected chi connectivity index (χ1v) is 7.94. The maximum atomic E-state index is 12.2. The Hall–Kier alpha value is -1.53. The Balaban J connectivity index is 2.08. The van der Waals surface area contributed by atoms with Gasteiger partial charge in [0, 0.05) is 10.9 Å². The molecule has 3 aromatic rings. The van der Waals surface area contributed by atoms with Gasteiger partial charge in [0.15, 0.2) is 5.82 Å². The van der Waals surface area contributed by atoms with E-state index in [9.17, 15) is 4.79 Å². The van der Waals surface area contributed by atoms with Crippen molar-refractivity contribution in [1.82, 2.24) is 14.6 Å². The van der Waals surface area contributed by atoms with Gasteiger partial charge in [-0.15, -0.1) is 5.10 Å². The highest BCUT2D eigenvalue weighted by Crippen LogP contribution is 2.11. The van der Waals surface area contributed by atoms with Crippen molar-refractivity contribution in [1.29, 1.82) is 0 Å². The number of hydrogen-bond donors (Lipinski definition) is 0. The van der Waals surface area contributed by atoms with E-state index in [1.165, 1.54) is 15.9 Å². The lowest BCUT2D eigenvalue weighted by Crippen LogP contribution is -2.23. The summed E-state index contributed by atoms with van der Waals surface area (Å²) in [6.07, 6.45) is 3.65. The highest BCUT2D eigenvalue weighted by Gasteiger charge is 2.09. The van der Waals surface area contributed by atoms with Crippen molar-refractivity contribution in [2.45, 2.75) is 19.8 Å². The molecule has 4 nitrogen and oxygen atoms in total. The standard InChI is InChI=1S/C14H12BrN3OS/c1-2-3-12-16-14-18(17-12)13(19)11(20-14)8-9-4-6-10(15)7-5-9/h4-8H,2-3H2,1H3/b11-8-. The lowest BCUT2D eigenvalue weighted by molar-refractivity contribution is 0.810. The number of aryl methyl sites for hydroxylation is 1. The SMILES string of the molecule is CCCc1nc2s/c(=C\c3ccc(Br)cc3)c(=O)n2n1. The second-order valence-electron chi connectivity index (χ2n) is 4.44. The van der Waals surface area contributed by atoms with Crippen molar-refractivity contribution in [2.75, 3.05) is 0 Å². The number of hydrogen-bond acceptors (Lipinski definition) is 4. The first-order valence-electron chi connectivity index (χ1n) is 6.33. The van der Waals surface area contributed by atoms with E-state index in [4.69, 9.17) is 0 Å². The summed E-state index contributed by atoms with van der Waals surface area (Å²) in [5.41, 5.74) is 0.895. The maximum Gasteiger partial charge on any atom is 0.291 e. The largest absolute Gasteiger partial charge is 0.291 e. The molecule has 102 valence electrons. The molecule has 0 fully saturated rings. The minimum atomic E-state index is -0.0947. The van der Waals surface area contributed by atoms with Crippen LogP contribution in [-0.4, -0.2) is 14.6 Å². The molecule has 0 aliphatic carbocycles. The molecule has 0 amide bonds. The molecule has 0 N–H and O–H groups in total. The van der Waals surface area contributed by atoms with E-state index in [0.29, 0.717) is 9.49 Å². The second kappa shape index (κ2) is 5.46. The zero-order chi connectivity index (χ0) is 14.1. The van der Waals surface area contributed by atoms with Crippen LogP contribution in [0.15, 0.2) is 33.5 Å². The number of rotatable bonds is 3. The molecule has 0 spiro atoms. The molecule has 1 aromatic carbocycles. The fraction of sp³-hybridized carbons (Fsp3) is 0.214. The molecule has 3 rings (SSSR count). The van der Waals surface area contributed by atoms with Crippen molar-refractivity contribution in [3.05, 3.63) is 55.0 Å². The molecule has 0 aliphatic heterocycles. The Kier molecular flexibility index (Phi) is 3.67. The third-order valence-electron chi connectivity index (χ3n) is 2.87. The average Bonchev–Trinajstić information content (AvgIpc) is 2.94. The molecule has 0 unspecified atom stereocenters. The van der Waals surface area contributed by atoms with E-state index in [-0.39, 0.29) is 5.56 Å². The summed E-state index contributed by atoms with van der Waals surface area (Å²) in [4.78, 5) is 17.3. The van der Waals surface area contributed by atoms with Crippen molar-refractivity contribution in [2.24, 2.45) is 0 Å². The molecule has 2 heterocycles. The Morgan fingerprint density at radius 1 is 1.35 bits per heavy atom. The van der Waals surface area contributed by atoms with Gasteiger partial charge in [0.2, 0.25) is 4.96 Å². The Bertz CT molecular complexity index is 851. The molecule has 20 heavy (non-hydrogen) atoms. The number of benzene rings is 1. The second-order valence-corrected chi connectivity index (χ2v) is 6.36. The van der Waals surface area contributed by atoms with Gasteiger partial charge in [-0.3, -0.25) is 4.79 Å². The third kappa shape index (κ3) is 2.53. The topological polar surface area (TPSA) is 47.3 Å². The smallest absolute Gasteiger partial charge is 0.266 e. The van der Waals surface area contributed by atoms with Gasteiger partial charge in [-0.05, 0) is 30.2 Å². The van der Waals surface area contributed by atoms with Crippen LogP contribution >= 0.6 is 27.3 Å². The van der Waals surface area contributed by atoms with Crippen LogP contribution in [0.5, 0.6) is 0 Å². The fourth-order valence-electron chi connectivity index (χ4n) is 1.91. The molecule has 0 bridgehead atoms. The lowest BCUT2D eigenvalue weighted by atomic mass is 10.2. The maximum absolute atomic E-state index is 12.2. The van der Waals surface area contributed by atoms with Crippen LogP contribution < -0.4 is 10.1 Å². The quantitative estimate of drug-likeness (QED) is 0.729. The van der Waals surface area contributed by atoms with Crippen molar-refractivity contribution in [3.63, 3.8) is 0 Å². The van der Waals surface area contributed by atoms with Gasteiger partial charge in [0.1, 0.15) is 0 Å². The molecule has 2 aromatic heterocycles. The zero-order valence-electron chi connectivity index (χ0n) is 10.8. The minimum absolute atomic E-state index is 0.0947. The van der Waals surface area contributed by atoms with E-state index in [2.05, 4.69) is 32.9 Å². The normalized spacial score (nSPS) is 12.4. The first-order chi connectivity index (χ1) is 9.67. The van der Waals surface area contributed by atoms with Gasteiger partial charge in [-0.2, -0.15) is 4.52 Å². The molecular formula is C14H12BrN3OS. The highest BCUT2D eigenvalue weighted by atomic mass is 79.9. The summed E-state index contributed by atoms with van der Waals surface area (Å²) < 4.78 is 3.08. The van der Waals surface area contributed by atoms with Crippen LogP contribution in [0.25, 0.3) is 11.0 Å². The van der Waals surface area contributed by atoms with Crippen LogP contribution in [0.4, 0.5) is 0 Å². The van der Waals surface area contributed by atoms with Crippen LogP contribution in [0.2, 0.25) is 0 Å². The van der Waals surface area contributed by atoms with E-state index >= 15 is 0 Å². The average molecular weight is 350 g/mol. The first kappa shape index (κ1) is 13.5. The monoisotopic (exact) mass is 349 g/mol. The van der Waals surface area contributed by atoms with Crippen molar-refractivity contribution in [3.8, 4) is 0 Å². The molecule has 6 heteroatoms. The summed E-state index contributed by atoms with van der Waals surface area (Å²) in [5, 5.41) is 4.25. The lowest BCUT2D eigenvalue weighted by Gasteiger charge is -1.91. The van der Waals surface area contributed by atoms with E-state index in [0.717, 1.165) is 28.7 Å². The highest BCUT2D eigenvalue weighted by molar-refractivity contribution is 9.10. The number of halogens is 1. The Labute approximate surface area is 127 Å². The molecule has 0 atom stereocenters. The Morgan fingerprint density at radius 3 is 2.75 bits per heavy atom. The molecular weight excluding hydrogens is 338 g/mol. The Morgan fingerprint density at radius 2 is 2.10 bits per heavy atom. The van der Waals surface area contributed by atoms with Gasteiger partial charge in [0.25, 0.3) is 5.56 Å². The summed E-state index contributed by atoms with van der Waals surface area (Å²) in [7, 11) is 0. The van der Waals surface area contributed by atoms with Gasteiger partial charge >= 0.3 is 0 Å². The fourth-order valence-corrected chi connectivity index (χ4v) is 3.11. The van der Waals surface area contributed by atoms with Crippen molar-refractivity contribution < 1.29 is 0 Å². The van der Waals surface area contributed by atoms with Gasteiger partial charge in [-0.25, -0.2) is 4.98 Å². The summed E-state index contributed by atoms with van der Waals surface area (Å²) in [6, 6.07) is 7.82. The number of thiazole rings is 1. The van der Waals surface area contributed by atoms with Crippen LogP contribution in [0, 0.1) is 0 Å². The van der Waals surface area contributed by atoms with Crippen LogP contribution in [0.3, 0.4) is 0 Å². The molecule has 0 radical (unpaired) electrons.